The minimum absolute atomic E-state index is 0.404. The average molecular weight is 212 g/mol. The summed E-state index contributed by atoms with van der Waals surface area (Å²) >= 11 is 0. The smallest absolute Gasteiger partial charge is 0.0700 e. The second kappa shape index (κ2) is 5.28. The van der Waals surface area contributed by atoms with Crippen LogP contribution in [0.3, 0.4) is 0 Å². The largest absolute Gasteiger partial charge is 0.377 e. The van der Waals surface area contributed by atoms with Crippen LogP contribution in [-0.2, 0) is 4.74 Å². The Bertz CT molecular complexity index is 198. The lowest BCUT2D eigenvalue weighted by Crippen LogP contribution is -2.43. The molecule has 2 fully saturated rings. The Kier molecular flexibility index (Phi) is 4.00. The molecule has 3 unspecified atom stereocenters. The van der Waals surface area contributed by atoms with E-state index in [1.54, 1.807) is 0 Å². The molecule has 0 amide bonds. The molecule has 3 nitrogen and oxygen atoms in total. The highest BCUT2D eigenvalue weighted by Crippen LogP contribution is 2.17. The number of ether oxygens (including phenoxy) is 1. The Hall–Kier alpha value is -0.120. The van der Waals surface area contributed by atoms with Crippen molar-refractivity contribution in [3.8, 4) is 0 Å². The Morgan fingerprint density at radius 3 is 2.93 bits per heavy atom. The van der Waals surface area contributed by atoms with E-state index >= 15 is 0 Å². The molecule has 0 saturated carbocycles. The van der Waals surface area contributed by atoms with Crippen molar-refractivity contribution in [3.05, 3.63) is 0 Å². The molecule has 0 bridgehead atoms. The van der Waals surface area contributed by atoms with E-state index in [1.807, 2.05) is 0 Å². The van der Waals surface area contributed by atoms with Gasteiger partial charge in [0.05, 0.1) is 6.10 Å². The summed E-state index contributed by atoms with van der Waals surface area (Å²) in [5, 5.41) is 3.67. The standard InChI is InChI=1S/C12H24N2O/c1-3-14-7-4-5-11(14)9-13-12-6-8-15-10(12)2/h10-13H,3-9H2,1-2H3. The molecule has 15 heavy (non-hydrogen) atoms. The first-order chi connectivity index (χ1) is 7.31. The van der Waals surface area contributed by atoms with E-state index in [2.05, 4.69) is 24.1 Å². The molecule has 0 aromatic rings. The van der Waals surface area contributed by atoms with Gasteiger partial charge in [-0.05, 0) is 39.3 Å². The van der Waals surface area contributed by atoms with E-state index in [-0.39, 0.29) is 0 Å². The molecule has 3 atom stereocenters. The van der Waals surface area contributed by atoms with Crippen molar-refractivity contribution in [2.24, 2.45) is 0 Å². The second-order valence-corrected chi connectivity index (χ2v) is 4.80. The lowest BCUT2D eigenvalue weighted by molar-refractivity contribution is 0.111. The number of likely N-dealkylation sites (N-methyl/N-ethyl adjacent to an activating group) is 1. The molecule has 0 spiro atoms. The highest BCUT2D eigenvalue weighted by Gasteiger charge is 2.27. The van der Waals surface area contributed by atoms with E-state index in [9.17, 15) is 0 Å². The zero-order valence-corrected chi connectivity index (χ0v) is 10.0. The first-order valence-electron chi connectivity index (χ1n) is 6.40. The van der Waals surface area contributed by atoms with Gasteiger partial charge in [-0.15, -0.1) is 0 Å². The summed E-state index contributed by atoms with van der Waals surface area (Å²) < 4.78 is 5.56. The van der Waals surface area contributed by atoms with Gasteiger partial charge in [-0.1, -0.05) is 6.92 Å². The average Bonchev–Trinajstić information content (AvgIpc) is 2.83. The molecule has 2 rings (SSSR count). The van der Waals surface area contributed by atoms with E-state index < -0.39 is 0 Å². The zero-order valence-electron chi connectivity index (χ0n) is 10.0. The Balaban J connectivity index is 1.72. The number of likely N-dealkylation sites (tertiary alicyclic amines) is 1. The summed E-state index contributed by atoms with van der Waals surface area (Å²) in [6.07, 6.45) is 4.32. The van der Waals surface area contributed by atoms with Crippen molar-refractivity contribution < 1.29 is 4.74 Å². The van der Waals surface area contributed by atoms with Crippen LogP contribution in [0.4, 0.5) is 0 Å². The predicted molar refractivity (Wildman–Crippen MR) is 62.1 cm³/mol. The molecule has 2 aliphatic heterocycles. The Labute approximate surface area is 93.2 Å². The third-order valence-electron chi connectivity index (χ3n) is 3.90. The molecule has 2 heterocycles. The number of hydrogen-bond donors (Lipinski definition) is 1. The summed E-state index contributed by atoms with van der Waals surface area (Å²) in [6.45, 7) is 9.01. The molecule has 0 aliphatic carbocycles. The van der Waals surface area contributed by atoms with Crippen LogP contribution in [0.5, 0.6) is 0 Å². The zero-order chi connectivity index (χ0) is 10.7. The molecule has 88 valence electrons. The number of hydrogen-bond acceptors (Lipinski definition) is 3. The van der Waals surface area contributed by atoms with Crippen LogP contribution in [0.25, 0.3) is 0 Å². The van der Waals surface area contributed by atoms with Gasteiger partial charge in [0.1, 0.15) is 0 Å². The van der Waals surface area contributed by atoms with E-state index in [1.165, 1.54) is 32.4 Å². The molecule has 2 aliphatic rings. The van der Waals surface area contributed by atoms with E-state index in [0.29, 0.717) is 12.1 Å². The molecule has 1 N–H and O–H groups in total. The van der Waals surface area contributed by atoms with Gasteiger partial charge in [-0.25, -0.2) is 0 Å². The Morgan fingerprint density at radius 1 is 1.40 bits per heavy atom. The molecule has 0 aromatic heterocycles. The van der Waals surface area contributed by atoms with Gasteiger partial charge in [0, 0.05) is 25.2 Å². The van der Waals surface area contributed by atoms with Gasteiger partial charge in [0.15, 0.2) is 0 Å². The third kappa shape index (κ3) is 2.71. The summed E-state index contributed by atoms with van der Waals surface area (Å²) in [5.41, 5.74) is 0. The predicted octanol–water partition coefficient (Wildman–Crippen LogP) is 1.24. The lowest BCUT2D eigenvalue weighted by Gasteiger charge is -2.25. The van der Waals surface area contributed by atoms with Gasteiger partial charge in [-0.3, -0.25) is 4.90 Å². The van der Waals surface area contributed by atoms with Crippen molar-refractivity contribution in [1.82, 2.24) is 10.2 Å². The molecule has 0 aromatic carbocycles. The molecule has 0 radical (unpaired) electrons. The molecule has 3 heteroatoms. The number of nitrogens with one attached hydrogen (secondary N) is 1. The fourth-order valence-electron chi connectivity index (χ4n) is 2.83. The van der Waals surface area contributed by atoms with Crippen molar-refractivity contribution in [3.63, 3.8) is 0 Å². The van der Waals surface area contributed by atoms with Crippen molar-refractivity contribution in [1.29, 1.82) is 0 Å². The lowest BCUT2D eigenvalue weighted by atomic mass is 10.1. The highest BCUT2D eigenvalue weighted by atomic mass is 16.5. The second-order valence-electron chi connectivity index (χ2n) is 4.80. The van der Waals surface area contributed by atoms with E-state index in [4.69, 9.17) is 4.74 Å². The Morgan fingerprint density at radius 2 is 2.27 bits per heavy atom. The maximum Gasteiger partial charge on any atom is 0.0700 e. The molecule has 2 saturated heterocycles. The van der Waals surface area contributed by atoms with Crippen LogP contribution in [0.15, 0.2) is 0 Å². The summed E-state index contributed by atoms with van der Waals surface area (Å²) in [4.78, 5) is 2.59. The fourth-order valence-corrected chi connectivity index (χ4v) is 2.83. The maximum absolute atomic E-state index is 5.56. The summed E-state index contributed by atoms with van der Waals surface area (Å²) in [6, 6.07) is 1.35. The van der Waals surface area contributed by atoms with Crippen LogP contribution in [0.2, 0.25) is 0 Å². The first-order valence-corrected chi connectivity index (χ1v) is 6.40. The molecular weight excluding hydrogens is 188 g/mol. The van der Waals surface area contributed by atoms with Gasteiger partial charge >= 0.3 is 0 Å². The number of nitrogens with zero attached hydrogens (tertiary/aromatic N) is 1. The van der Waals surface area contributed by atoms with Crippen LogP contribution in [0.1, 0.15) is 33.1 Å². The normalized spacial score (nSPS) is 37.6. The minimum atomic E-state index is 0.404. The van der Waals surface area contributed by atoms with Gasteiger partial charge < -0.3 is 10.1 Å². The summed E-state index contributed by atoms with van der Waals surface area (Å²) in [5.74, 6) is 0. The highest BCUT2D eigenvalue weighted by molar-refractivity contribution is 4.85. The van der Waals surface area contributed by atoms with Crippen LogP contribution in [0, 0.1) is 0 Å². The SMILES string of the molecule is CCN1CCCC1CNC1CCOC1C. The van der Waals surface area contributed by atoms with Gasteiger partial charge in [0.25, 0.3) is 0 Å². The maximum atomic E-state index is 5.56. The van der Waals surface area contributed by atoms with Crippen LogP contribution >= 0.6 is 0 Å². The van der Waals surface area contributed by atoms with Gasteiger partial charge in [0.2, 0.25) is 0 Å². The van der Waals surface area contributed by atoms with Crippen molar-refractivity contribution >= 4 is 0 Å². The third-order valence-corrected chi connectivity index (χ3v) is 3.90. The van der Waals surface area contributed by atoms with Crippen LogP contribution < -0.4 is 5.32 Å². The topological polar surface area (TPSA) is 24.5 Å². The van der Waals surface area contributed by atoms with Crippen molar-refractivity contribution in [2.75, 3.05) is 26.2 Å². The van der Waals surface area contributed by atoms with Crippen molar-refractivity contribution in [2.45, 2.75) is 51.3 Å². The monoisotopic (exact) mass is 212 g/mol. The number of rotatable bonds is 4. The van der Waals surface area contributed by atoms with E-state index in [0.717, 1.165) is 19.2 Å². The minimum Gasteiger partial charge on any atom is -0.377 e. The van der Waals surface area contributed by atoms with Crippen LogP contribution in [-0.4, -0.2) is 49.3 Å². The van der Waals surface area contributed by atoms with Gasteiger partial charge in [-0.2, -0.15) is 0 Å². The quantitative estimate of drug-likeness (QED) is 0.759. The fraction of sp³-hybridized carbons (Fsp3) is 1.00. The first kappa shape index (κ1) is 11.4. The summed E-state index contributed by atoms with van der Waals surface area (Å²) in [7, 11) is 0. The molecular formula is C12H24N2O.